The molecule has 1 rings (SSSR count). The molecule has 0 aromatic heterocycles. The van der Waals surface area contributed by atoms with Crippen LogP contribution in [-0.2, 0) is 0 Å². The lowest BCUT2D eigenvalue weighted by atomic mass is 10.1. The van der Waals surface area contributed by atoms with Crippen LogP contribution in [-0.4, -0.2) is 75.7 Å². The number of likely N-dealkylation sites (N-methyl/N-ethyl adjacent to an activating group) is 2. The molecule has 0 aromatic carbocycles. The van der Waals surface area contributed by atoms with Gasteiger partial charge in [-0.1, -0.05) is 13.8 Å². The molecule has 5 nitrogen and oxygen atoms in total. The normalized spacial score (nSPS) is 22.3. The molecule has 1 fully saturated rings. The van der Waals surface area contributed by atoms with E-state index in [9.17, 15) is 0 Å². The molecule has 20 heavy (non-hydrogen) atoms. The van der Waals surface area contributed by atoms with E-state index in [1.54, 1.807) is 0 Å². The third kappa shape index (κ3) is 6.57. The first-order chi connectivity index (χ1) is 9.52. The number of nitrogens with one attached hydrogen (secondary N) is 2. The quantitative estimate of drug-likeness (QED) is 0.431. The number of rotatable bonds is 6. The van der Waals surface area contributed by atoms with Gasteiger partial charge in [0.05, 0.1) is 0 Å². The molecule has 0 spiro atoms. The van der Waals surface area contributed by atoms with Crippen molar-refractivity contribution in [1.29, 1.82) is 0 Å². The highest BCUT2D eigenvalue weighted by Crippen LogP contribution is 2.04. The molecule has 0 aliphatic carbocycles. The summed E-state index contributed by atoms with van der Waals surface area (Å²) in [5.41, 5.74) is 0. The van der Waals surface area contributed by atoms with Crippen LogP contribution in [0.5, 0.6) is 0 Å². The molecule has 0 amide bonds. The van der Waals surface area contributed by atoms with Gasteiger partial charge in [0.25, 0.3) is 0 Å². The van der Waals surface area contributed by atoms with Crippen LogP contribution < -0.4 is 10.6 Å². The van der Waals surface area contributed by atoms with Crippen molar-refractivity contribution in [2.24, 2.45) is 10.9 Å². The van der Waals surface area contributed by atoms with E-state index in [1.165, 1.54) is 12.8 Å². The van der Waals surface area contributed by atoms with E-state index < -0.39 is 0 Å². The van der Waals surface area contributed by atoms with Crippen molar-refractivity contribution in [1.82, 2.24) is 20.4 Å². The molecule has 1 heterocycles. The van der Waals surface area contributed by atoms with Gasteiger partial charge in [-0.25, -0.2) is 0 Å². The Morgan fingerprint density at radius 3 is 2.65 bits per heavy atom. The number of aliphatic imine (C=N–C) groups is 1. The van der Waals surface area contributed by atoms with E-state index in [-0.39, 0.29) is 0 Å². The van der Waals surface area contributed by atoms with Gasteiger partial charge in [0, 0.05) is 45.8 Å². The first-order valence-corrected chi connectivity index (χ1v) is 7.86. The van der Waals surface area contributed by atoms with Crippen LogP contribution in [0.15, 0.2) is 4.99 Å². The summed E-state index contributed by atoms with van der Waals surface area (Å²) in [4.78, 5) is 9.12. The molecule has 1 atom stereocenters. The largest absolute Gasteiger partial charge is 0.356 e. The maximum atomic E-state index is 4.30. The highest BCUT2D eigenvalue weighted by Gasteiger charge is 2.21. The fraction of sp³-hybridized carbons (Fsp3) is 0.933. The molecule has 1 saturated heterocycles. The fourth-order valence-corrected chi connectivity index (χ4v) is 2.47. The van der Waals surface area contributed by atoms with Gasteiger partial charge in [-0.05, 0) is 32.9 Å². The second-order valence-electron chi connectivity index (χ2n) is 6.31. The molecular weight excluding hydrogens is 250 g/mol. The van der Waals surface area contributed by atoms with Crippen LogP contribution in [0.3, 0.4) is 0 Å². The SMILES string of the molecule is CN=C(NCCCC(C)C)NCC1CN(C)CCN1C. The first-order valence-electron chi connectivity index (χ1n) is 7.86. The molecule has 1 aliphatic heterocycles. The van der Waals surface area contributed by atoms with Crippen LogP contribution in [0.2, 0.25) is 0 Å². The Hall–Kier alpha value is -0.810. The Morgan fingerprint density at radius 2 is 2.00 bits per heavy atom. The lowest BCUT2D eigenvalue weighted by Gasteiger charge is -2.37. The van der Waals surface area contributed by atoms with Crippen molar-refractivity contribution in [2.75, 3.05) is 53.9 Å². The molecule has 1 unspecified atom stereocenters. The van der Waals surface area contributed by atoms with Crippen molar-refractivity contribution in [2.45, 2.75) is 32.7 Å². The van der Waals surface area contributed by atoms with Crippen LogP contribution >= 0.6 is 0 Å². The zero-order chi connectivity index (χ0) is 15.0. The van der Waals surface area contributed by atoms with Crippen molar-refractivity contribution < 1.29 is 0 Å². The Bertz CT molecular complexity index is 290. The second kappa shape index (κ2) is 9.19. The van der Waals surface area contributed by atoms with Crippen molar-refractivity contribution in [3.63, 3.8) is 0 Å². The predicted molar refractivity (Wildman–Crippen MR) is 87.4 cm³/mol. The van der Waals surface area contributed by atoms with Crippen LogP contribution in [0.25, 0.3) is 0 Å². The summed E-state index contributed by atoms with van der Waals surface area (Å²) in [6.07, 6.45) is 2.46. The number of hydrogen-bond acceptors (Lipinski definition) is 3. The van der Waals surface area contributed by atoms with Gasteiger partial charge in [-0.15, -0.1) is 0 Å². The Kier molecular flexibility index (Phi) is 7.92. The average molecular weight is 283 g/mol. The van der Waals surface area contributed by atoms with Crippen molar-refractivity contribution in [3.05, 3.63) is 0 Å². The Morgan fingerprint density at radius 1 is 1.25 bits per heavy atom. The summed E-state index contributed by atoms with van der Waals surface area (Å²) in [7, 11) is 6.24. The summed E-state index contributed by atoms with van der Waals surface area (Å²) in [6, 6.07) is 0.558. The van der Waals surface area contributed by atoms with E-state index in [1.807, 2.05) is 7.05 Å². The van der Waals surface area contributed by atoms with Crippen LogP contribution in [0.1, 0.15) is 26.7 Å². The number of piperazine rings is 1. The Balaban J connectivity index is 2.23. The van der Waals surface area contributed by atoms with Crippen LogP contribution in [0.4, 0.5) is 0 Å². The molecule has 0 saturated carbocycles. The van der Waals surface area contributed by atoms with Gasteiger partial charge >= 0.3 is 0 Å². The topological polar surface area (TPSA) is 42.9 Å². The minimum absolute atomic E-state index is 0.558. The van der Waals surface area contributed by atoms with Gasteiger partial charge in [0.2, 0.25) is 0 Å². The molecule has 0 radical (unpaired) electrons. The monoisotopic (exact) mass is 283 g/mol. The maximum Gasteiger partial charge on any atom is 0.191 e. The molecule has 0 bridgehead atoms. The summed E-state index contributed by atoms with van der Waals surface area (Å²) in [5.74, 6) is 1.70. The highest BCUT2D eigenvalue weighted by molar-refractivity contribution is 5.79. The molecule has 5 heteroatoms. The summed E-state index contributed by atoms with van der Waals surface area (Å²) in [5, 5.41) is 6.85. The van der Waals surface area contributed by atoms with Gasteiger partial charge < -0.3 is 15.5 Å². The molecule has 2 N–H and O–H groups in total. The number of hydrogen-bond donors (Lipinski definition) is 2. The van der Waals surface area contributed by atoms with Gasteiger partial charge in [-0.3, -0.25) is 9.89 Å². The summed E-state index contributed by atoms with van der Waals surface area (Å²) in [6.45, 7) is 9.90. The second-order valence-corrected chi connectivity index (χ2v) is 6.31. The minimum atomic E-state index is 0.558. The third-order valence-electron chi connectivity index (χ3n) is 3.96. The van der Waals surface area contributed by atoms with E-state index in [2.05, 4.69) is 53.4 Å². The molecule has 0 aromatic rings. The van der Waals surface area contributed by atoms with Gasteiger partial charge in [-0.2, -0.15) is 0 Å². The zero-order valence-electron chi connectivity index (χ0n) is 13.9. The smallest absolute Gasteiger partial charge is 0.191 e. The predicted octanol–water partition coefficient (Wildman–Crippen LogP) is 0.833. The lowest BCUT2D eigenvalue weighted by Crippen LogP contribution is -2.55. The minimum Gasteiger partial charge on any atom is -0.356 e. The number of guanidine groups is 1. The van der Waals surface area contributed by atoms with Crippen molar-refractivity contribution in [3.8, 4) is 0 Å². The third-order valence-corrected chi connectivity index (χ3v) is 3.96. The number of nitrogens with zero attached hydrogens (tertiary/aromatic N) is 3. The van der Waals surface area contributed by atoms with Crippen LogP contribution in [0, 0.1) is 5.92 Å². The zero-order valence-corrected chi connectivity index (χ0v) is 13.9. The molecule has 1 aliphatic rings. The first kappa shape index (κ1) is 17.2. The fourth-order valence-electron chi connectivity index (χ4n) is 2.47. The van der Waals surface area contributed by atoms with E-state index in [0.717, 1.165) is 44.6 Å². The van der Waals surface area contributed by atoms with E-state index in [4.69, 9.17) is 0 Å². The van der Waals surface area contributed by atoms with Gasteiger partial charge in [0.15, 0.2) is 5.96 Å². The average Bonchev–Trinajstić information content (AvgIpc) is 2.41. The molecular formula is C15H33N5. The van der Waals surface area contributed by atoms with Crippen molar-refractivity contribution >= 4 is 5.96 Å². The van der Waals surface area contributed by atoms with Gasteiger partial charge in [0.1, 0.15) is 0 Å². The van der Waals surface area contributed by atoms with E-state index in [0.29, 0.717) is 6.04 Å². The van der Waals surface area contributed by atoms with E-state index >= 15 is 0 Å². The standard InChI is InChI=1S/C15H33N5/c1-13(2)7-6-8-17-15(16-3)18-11-14-12-19(4)9-10-20(14)5/h13-14H,6-12H2,1-5H3,(H2,16,17,18). The summed E-state index contributed by atoms with van der Waals surface area (Å²) >= 11 is 0. The lowest BCUT2D eigenvalue weighted by molar-refractivity contribution is 0.116. The maximum absolute atomic E-state index is 4.30. The summed E-state index contributed by atoms with van der Waals surface area (Å²) < 4.78 is 0. The highest BCUT2D eigenvalue weighted by atomic mass is 15.3. The molecule has 118 valence electrons. The Labute approximate surface area is 124 Å².